The highest BCUT2D eigenvalue weighted by Crippen LogP contribution is 2.14. The van der Waals surface area contributed by atoms with Crippen LogP contribution in [-0.4, -0.2) is 39.1 Å². The van der Waals surface area contributed by atoms with E-state index in [-0.39, 0.29) is 12.3 Å². The molecule has 0 aliphatic heterocycles. The van der Waals surface area contributed by atoms with Gasteiger partial charge in [0.2, 0.25) is 11.8 Å². The van der Waals surface area contributed by atoms with Crippen molar-refractivity contribution in [1.82, 2.24) is 5.32 Å². The van der Waals surface area contributed by atoms with Gasteiger partial charge >= 0.3 is 5.97 Å². The monoisotopic (exact) mass is 386 g/mol. The maximum Gasteiger partial charge on any atom is 0.303 e. The second kappa shape index (κ2) is 9.32. The SMILES string of the molecule is NC(=O)C(Br)C(Br)C(=O)NCCCCCC(=O)O. The standard InChI is InChI=1S/C10H16Br2N2O4/c11-7(9(13)17)8(12)10(18)14-5-3-1-2-4-6(15)16/h7-8H,1-5H2,(H2,13,17)(H,14,18)(H,15,16). The van der Waals surface area contributed by atoms with Gasteiger partial charge in [0, 0.05) is 13.0 Å². The molecule has 0 aromatic heterocycles. The molecule has 0 bridgehead atoms. The fraction of sp³-hybridized carbons (Fsp3) is 0.700. The molecule has 2 unspecified atom stereocenters. The summed E-state index contributed by atoms with van der Waals surface area (Å²) < 4.78 is 0. The van der Waals surface area contributed by atoms with Crippen LogP contribution in [0.25, 0.3) is 0 Å². The molecular formula is C10H16Br2N2O4. The molecule has 18 heavy (non-hydrogen) atoms. The summed E-state index contributed by atoms with van der Waals surface area (Å²) in [7, 11) is 0. The van der Waals surface area contributed by atoms with Crippen LogP contribution in [0.1, 0.15) is 25.7 Å². The minimum atomic E-state index is -0.817. The van der Waals surface area contributed by atoms with Gasteiger partial charge < -0.3 is 16.2 Å². The van der Waals surface area contributed by atoms with E-state index in [9.17, 15) is 14.4 Å². The minimum absolute atomic E-state index is 0.139. The number of unbranched alkanes of at least 4 members (excludes halogenated alkanes) is 2. The van der Waals surface area contributed by atoms with E-state index in [0.717, 1.165) is 6.42 Å². The maximum atomic E-state index is 11.5. The van der Waals surface area contributed by atoms with E-state index in [4.69, 9.17) is 10.8 Å². The molecule has 2 atom stereocenters. The smallest absolute Gasteiger partial charge is 0.303 e. The van der Waals surface area contributed by atoms with E-state index in [1.807, 2.05) is 0 Å². The van der Waals surface area contributed by atoms with Gasteiger partial charge in [0.1, 0.15) is 9.65 Å². The number of carboxylic acids is 1. The normalized spacial score (nSPS) is 13.7. The molecule has 104 valence electrons. The Balaban J connectivity index is 3.70. The molecule has 0 rings (SSSR count). The molecule has 0 heterocycles. The number of carbonyl (C=O) groups is 3. The number of halogens is 2. The molecule has 0 saturated heterocycles. The maximum absolute atomic E-state index is 11.5. The average Bonchev–Trinajstić information content (AvgIpc) is 2.30. The van der Waals surface area contributed by atoms with Crippen molar-refractivity contribution in [3.63, 3.8) is 0 Å². The van der Waals surface area contributed by atoms with E-state index in [1.54, 1.807) is 0 Å². The lowest BCUT2D eigenvalue weighted by molar-refractivity contribution is -0.137. The molecule has 6 nitrogen and oxygen atoms in total. The van der Waals surface area contributed by atoms with Crippen LogP contribution in [-0.2, 0) is 14.4 Å². The summed E-state index contributed by atoms with van der Waals surface area (Å²) in [6.45, 7) is 0.443. The lowest BCUT2D eigenvalue weighted by Crippen LogP contribution is -2.41. The highest BCUT2D eigenvalue weighted by molar-refractivity contribution is 9.12. The second-order valence-corrected chi connectivity index (χ2v) is 5.67. The van der Waals surface area contributed by atoms with Crippen molar-refractivity contribution >= 4 is 49.6 Å². The van der Waals surface area contributed by atoms with Crippen LogP contribution >= 0.6 is 31.9 Å². The fourth-order valence-electron chi connectivity index (χ4n) is 1.16. The molecule has 0 saturated carbocycles. The predicted octanol–water partition coefficient (Wildman–Crippen LogP) is 0.760. The first-order valence-electron chi connectivity index (χ1n) is 5.43. The van der Waals surface area contributed by atoms with E-state index in [1.165, 1.54) is 0 Å². The van der Waals surface area contributed by atoms with Crippen molar-refractivity contribution < 1.29 is 19.5 Å². The van der Waals surface area contributed by atoms with Gasteiger partial charge in [-0.15, -0.1) is 0 Å². The molecule has 0 aliphatic carbocycles. The summed E-state index contributed by atoms with van der Waals surface area (Å²) in [4.78, 5) is 31.1. The van der Waals surface area contributed by atoms with Gasteiger partial charge in [-0.3, -0.25) is 14.4 Å². The van der Waals surface area contributed by atoms with Crippen LogP contribution in [0.5, 0.6) is 0 Å². The highest BCUT2D eigenvalue weighted by Gasteiger charge is 2.27. The Kier molecular flexibility index (Phi) is 8.99. The number of aliphatic carboxylic acids is 1. The number of rotatable bonds is 9. The zero-order chi connectivity index (χ0) is 14.1. The zero-order valence-electron chi connectivity index (χ0n) is 9.70. The number of carbonyl (C=O) groups excluding carboxylic acids is 2. The van der Waals surface area contributed by atoms with Crippen molar-refractivity contribution in [2.75, 3.05) is 6.54 Å². The first-order valence-corrected chi connectivity index (χ1v) is 7.26. The number of primary amides is 1. The Morgan fingerprint density at radius 2 is 1.72 bits per heavy atom. The summed E-state index contributed by atoms with van der Waals surface area (Å²) >= 11 is 6.08. The number of hydrogen-bond acceptors (Lipinski definition) is 3. The van der Waals surface area contributed by atoms with Gasteiger partial charge in [0.05, 0.1) is 0 Å². The molecule has 0 radical (unpaired) electrons. The van der Waals surface area contributed by atoms with Crippen molar-refractivity contribution in [1.29, 1.82) is 0 Å². The van der Waals surface area contributed by atoms with Crippen LogP contribution < -0.4 is 11.1 Å². The Hall–Kier alpha value is -0.630. The van der Waals surface area contributed by atoms with Crippen molar-refractivity contribution in [3.05, 3.63) is 0 Å². The van der Waals surface area contributed by atoms with Gasteiger partial charge in [-0.25, -0.2) is 0 Å². The summed E-state index contributed by atoms with van der Waals surface area (Å²) in [6.07, 6.45) is 2.15. The van der Waals surface area contributed by atoms with Gasteiger partial charge in [0.15, 0.2) is 0 Å². The third-order valence-corrected chi connectivity index (χ3v) is 4.78. The molecule has 2 amide bonds. The number of nitrogens with two attached hydrogens (primary N) is 1. The minimum Gasteiger partial charge on any atom is -0.481 e. The average molecular weight is 388 g/mol. The number of hydrogen-bond donors (Lipinski definition) is 3. The Morgan fingerprint density at radius 1 is 1.11 bits per heavy atom. The fourth-order valence-corrected chi connectivity index (χ4v) is 1.83. The molecule has 0 spiro atoms. The van der Waals surface area contributed by atoms with Gasteiger partial charge in [-0.2, -0.15) is 0 Å². The number of nitrogens with one attached hydrogen (secondary N) is 1. The number of amides is 2. The Bertz CT molecular complexity index is 312. The lowest BCUT2D eigenvalue weighted by Gasteiger charge is -2.13. The number of alkyl halides is 2. The van der Waals surface area contributed by atoms with Crippen LogP contribution in [0, 0.1) is 0 Å². The van der Waals surface area contributed by atoms with Crippen molar-refractivity contribution in [2.45, 2.75) is 35.3 Å². The molecule has 0 fully saturated rings. The molecule has 0 aliphatic rings. The van der Waals surface area contributed by atoms with Crippen LogP contribution in [0.15, 0.2) is 0 Å². The highest BCUT2D eigenvalue weighted by atomic mass is 79.9. The second-order valence-electron chi connectivity index (χ2n) is 3.70. The van der Waals surface area contributed by atoms with Gasteiger partial charge in [-0.1, -0.05) is 38.3 Å². The van der Waals surface area contributed by atoms with Gasteiger partial charge in [0.25, 0.3) is 0 Å². The molecule has 4 N–H and O–H groups in total. The third-order valence-electron chi connectivity index (χ3n) is 2.15. The van der Waals surface area contributed by atoms with E-state index >= 15 is 0 Å². The first kappa shape index (κ1) is 17.4. The molecule has 0 aromatic rings. The van der Waals surface area contributed by atoms with E-state index in [2.05, 4.69) is 37.2 Å². The van der Waals surface area contributed by atoms with Crippen molar-refractivity contribution in [3.8, 4) is 0 Å². The topological polar surface area (TPSA) is 109 Å². The number of carboxylic acid groups (broad SMARTS) is 1. The summed E-state index contributed by atoms with van der Waals surface area (Å²) in [5, 5.41) is 11.1. The largest absolute Gasteiger partial charge is 0.481 e. The lowest BCUT2D eigenvalue weighted by atomic mass is 10.2. The van der Waals surface area contributed by atoms with E-state index < -0.39 is 21.5 Å². The first-order chi connectivity index (χ1) is 8.36. The molecular weight excluding hydrogens is 372 g/mol. The van der Waals surface area contributed by atoms with Crippen LogP contribution in [0.4, 0.5) is 0 Å². The van der Waals surface area contributed by atoms with Gasteiger partial charge in [-0.05, 0) is 12.8 Å². The summed E-state index contributed by atoms with van der Waals surface area (Å²) in [5.74, 6) is -1.76. The molecule has 0 aromatic carbocycles. The van der Waals surface area contributed by atoms with Crippen LogP contribution in [0.3, 0.4) is 0 Å². The van der Waals surface area contributed by atoms with Crippen LogP contribution in [0.2, 0.25) is 0 Å². The Labute approximate surface area is 122 Å². The summed E-state index contributed by atoms with van der Waals surface area (Å²) in [5.41, 5.74) is 5.05. The zero-order valence-corrected chi connectivity index (χ0v) is 12.9. The quantitative estimate of drug-likeness (QED) is 0.400. The summed E-state index contributed by atoms with van der Waals surface area (Å²) in [6, 6.07) is 0. The predicted molar refractivity (Wildman–Crippen MR) is 73.7 cm³/mol. The molecule has 8 heteroatoms. The van der Waals surface area contributed by atoms with Crippen molar-refractivity contribution in [2.24, 2.45) is 5.73 Å². The van der Waals surface area contributed by atoms with E-state index in [0.29, 0.717) is 19.4 Å². The third kappa shape index (κ3) is 7.65. The Morgan fingerprint density at radius 3 is 2.22 bits per heavy atom.